The van der Waals surface area contributed by atoms with E-state index < -0.39 is 0 Å². The second-order valence-corrected chi connectivity index (χ2v) is 9.50. The van der Waals surface area contributed by atoms with E-state index in [9.17, 15) is 4.79 Å². The number of unbranched alkanes of at least 4 members (excludes halogenated alkanes) is 1. The highest BCUT2D eigenvalue weighted by Crippen LogP contribution is 2.26. The summed E-state index contributed by atoms with van der Waals surface area (Å²) in [5.74, 6) is 2.06. The maximum Gasteiger partial charge on any atom is 0.251 e. The average Bonchev–Trinajstić information content (AvgIpc) is 3.23. The number of aromatic nitrogens is 2. The van der Waals surface area contributed by atoms with Crippen molar-refractivity contribution in [2.45, 2.75) is 52.1 Å². The maximum absolute atomic E-state index is 12.8. The van der Waals surface area contributed by atoms with Crippen molar-refractivity contribution in [3.05, 3.63) is 94.8 Å². The molecule has 35 heavy (non-hydrogen) atoms. The molecule has 0 saturated heterocycles. The van der Waals surface area contributed by atoms with Crippen LogP contribution in [0.15, 0.2) is 72.8 Å². The van der Waals surface area contributed by atoms with Crippen molar-refractivity contribution < 1.29 is 9.53 Å². The van der Waals surface area contributed by atoms with Gasteiger partial charge in [-0.2, -0.15) is 0 Å². The molecule has 0 spiro atoms. The summed E-state index contributed by atoms with van der Waals surface area (Å²) < 4.78 is 8.31. The molecule has 1 N–H and O–H groups in total. The monoisotopic (exact) mass is 489 g/mol. The highest BCUT2D eigenvalue weighted by molar-refractivity contribution is 6.30. The zero-order chi connectivity index (χ0) is 24.8. The number of carbonyl (C=O) groups is 1. The van der Waals surface area contributed by atoms with Crippen LogP contribution >= 0.6 is 11.6 Å². The van der Waals surface area contributed by atoms with Crippen LogP contribution in [0.25, 0.3) is 11.0 Å². The highest BCUT2D eigenvalue weighted by Gasteiger charge is 2.19. The number of aryl methyl sites for hydroxylation is 1. The van der Waals surface area contributed by atoms with E-state index in [0.29, 0.717) is 23.1 Å². The van der Waals surface area contributed by atoms with E-state index in [2.05, 4.69) is 41.9 Å². The Labute approximate surface area is 212 Å². The summed E-state index contributed by atoms with van der Waals surface area (Å²) in [6, 6.07) is 23.0. The lowest BCUT2D eigenvalue weighted by Gasteiger charge is -2.17. The minimum Gasteiger partial charge on any atom is -0.493 e. The van der Waals surface area contributed by atoms with E-state index in [0.717, 1.165) is 42.0 Å². The molecule has 1 amide bonds. The van der Waals surface area contributed by atoms with Gasteiger partial charge in [-0.25, -0.2) is 4.98 Å². The number of rotatable bonds is 10. The third kappa shape index (κ3) is 6.04. The van der Waals surface area contributed by atoms with Gasteiger partial charge in [-0.1, -0.05) is 61.8 Å². The van der Waals surface area contributed by atoms with E-state index in [1.165, 1.54) is 5.56 Å². The van der Waals surface area contributed by atoms with Crippen LogP contribution in [-0.2, 0) is 6.54 Å². The van der Waals surface area contributed by atoms with Crippen molar-refractivity contribution in [3.8, 4) is 5.75 Å². The van der Waals surface area contributed by atoms with Crippen LogP contribution in [0, 0.1) is 0 Å². The topological polar surface area (TPSA) is 56.1 Å². The molecule has 0 bridgehead atoms. The molecule has 1 atom stereocenters. The summed E-state index contributed by atoms with van der Waals surface area (Å²) in [5, 5.41) is 3.61. The Morgan fingerprint density at radius 1 is 1.00 bits per heavy atom. The Morgan fingerprint density at radius 2 is 1.77 bits per heavy atom. The Hall–Kier alpha value is -3.31. The standard InChI is InChI=1S/C29H32ClN3O2/c1-20(2)24-13-4-7-16-27(24)35-18-9-8-17-33-26-15-6-5-14-25(26)32-28(33)21(3)31-29(34)22-11-10-12-23(30)19-22/h4-7,10-16,19-21H,8-9,17-18H2,1-3H3,(H,31,34). The van der Waals surface area contributed by atoms with Crippen LogP contribution < -0.4 is 10.1 Å². The minimum atomic E-state index is -0.261. The third-order valence-corrected chi connectivity index (χ3v) is 6.32. The van der Waals surface area contributed by atoms with Crippen molar-refractivity contribution in [1.82, 2.24) is 14.9 Å². The van der Waals surface area contributed by atoms with Crippen LogP contribution in [0.5, 0.6) is 5.75 Å². The number of nitrogens with one attached hydrogen (secondary N) is 1. The summed E-state index contributed by atoms with van der Waals surface area (Å²) in [4.78, 5) is 17.6. The summed E-state index contributed by atoms with van der Waals surface area (Å²) in [7, 11) is 0. The van der Waals surface area contributed by atoms with Crippen molar-refractivity contribution in [1.29, 1.82) is 0 Å². The Balaban J connectivity index is 1.42. The molecule has 5 nitrogen and oxygen atoms in total. The third-order valence-electron chi connectivity index (χ3n) is 6.08. The number of hydrogen-bond acceptors (Lipinski definition) is 3. The van der Waals surface area contributed by atoms with E-state index in [-0.39, 0.29) is 11.9 Å². The van der Waals surface area contributed by atoms with Gasteiger partial charge < -0.3 is 14.6 Å². The predicted octanol–water partition coefficient (Wildman–Crippen LogP) is 7.16. The number of imidazole rings is 1. The summed E-state index contributed by atoms with van der Waals surface area (Å²) >= 11 is 6.06. The molecule has 0 aliphatic rings. The van der Waals surface area contributed by atoms with E-state index in [4.69, 9.17) is 21.3 Å². The molecule has 4 rings (SSSR count). The lowest BCUT2D eigenvalue weighted by atomic mass is 10.0. The molecule has 1 aromatic heterocycles. The van der Waals surface area contributed by atoms with Crippen LogP contribution in [0.1, 0.15) is 67.3 Å². The average molecular weight is 490 g/mol. The van der Waals surface area contributed by atoms with E-state index >= 15 is 0 Å². The van der Waals surface area contributed by atoms with Gasteiger partial charge in [0.25, 0.3) is 5.91 Å². The second kappa shape index (κ2) is 11.4. The summed E-state index contributed by atoms with van der Waals surface area (Å²) in [6.07, 6.45) is 1.85. The molecular weight excluding hydrogens is 458 g/mol. The van der Waals surface area contributed by atoms with Crippen LogP contribution in [0.3, 0.4) is 0 Å². The van der Waals surface area contributed by atoms with Gasteiger partial charge in [0, 0.05) is 17.1 Å². The zero-order valence-corrected chi connectivity index (χ0v) is 21.3. The molecule has 182 valence electrons. The van der Waals surface area contributed by atoms with E-state index in [1.54, 1.807) is 24.3 Å². The number of halogens is 1. The van der Waals surface area contributed by atoms with Crippen LogP contribution in [0.4, 0.5) is 0 Å². The molecular formula is C29H32ClN3O2. The van der Waals surface area contributed by atoms with Gasteiger partial charge in [-0.15, -0.1) is 0 Å². The molecule has 1 unspecified atom stereocenters. The van der Waals surface area contributed by atoms with Gasteiger partial charge >= 0.3 is 0 Å². The summed E-state index contributed by atoms with van der Waals surface area (Å²) in [6.45, 7) is 7.78. The SMILES string of the molecule is CC(C)c1ccccc1OCCCCn1c(C(C)NC(=O)c2cccc(Cl)c2)nc2ccccc21. The number of fused-ring (bicyclic) bond motifs is 1. The number of para-hydroxylation sites is 3. The number of nitrogens with zero attached hydrogens (tertiary/aromatic N) is 2. The van der Waals surface area contributed by atoms with Crippen LogP contribution in [0.2, 0.25) is 5.02 Å². The molecule has 1 heterocycles. The van der Waals surface area contributed by atoms with Gasteiger partial charge in [0.05, 0.1) is 23.7 Å². The number of carbonyl (C=O) groups excluding carboxylic acids is 1. The molecule has 6 heteroatoms. The molecule has 0 saturated carbocycles. The van der Waals surface area contributed by atoms with Gasteiger partial charge in [0.1, 0.15) is 11.6 Å². The van der Waals surface area contributed by atoms with Gasteiger partial charge in [-0.3, -0.25) is 4.79 Å². The number of amides is 1. The van der Waals surface area contributed by atoms with Gasteiger partial charge in [-0.05, 0) is 67.6 Å². The van der Waals surface area contributed by atoms with Gasteiger partial charge in [0.15, 0.2) is 0 Å². The Bertz CT molecular complexity index is 1300. The van der Waals surface area contributed by atoms with Crippen LogP contribution in [-0.4, -0.2) is 22.1 Å². The fourth-order valence-electron chi connectivity index (χ4n) is 4.28. The van der Waals surface area contributed by atoms with Crippen molar-refractivity contribution >= 4 is 28.5 Å². The molecule has 3 aromatic carbocycles. The summed E-state index contributed by atoms with van der Waals surface area (Å²) in [5.41, 5.74) is 3.76. The lowest BCUT2D eigenvalue weighted by Crippen LogP contribution is -2.28. The zero-order valence-electron chi connectivity index (χ0n) is 20.5. The fourth-order valence-corrected chi connectivity index (χ4v) is 4.47. The highest BCUT2D eigenvalue weighted by atomic mass is 35.5. The van der Waals surface area contributed by atoms with E-state index in [1.807, 2.05) is 37.3 Å². The number of ether oxygens (including phenoxy) is 1. The minimum absolute atomic E-state index is 0.171. The van der Waals surface area contributed by atoms with Gasteiger partial charge in [0.2, 0.25) is 0 Å². The second-order valence-electron chi connectivity index (χ2n) is 9.06. The first-order valence-corrected chi connectivity index (χ1v) is 12.5. The Kier molecular flexibility index (Phi) is 8.09. The largest absolute Gasteiger partial charge is 0.493 e. The molecule has 0 radical (unpaired) electrons. The molecule has 0 fully saturated rings. The quantitative estimate of drug-likeness (QED) is 0.240. The number of benzene rings is 3. The van der Waals surface area contributed by atoms with Crippen molar-refractivity contribution in [3.63, 3.8) is 0 Å². The Morgan fingerprint density at radius 3 is 2.57 bits per heavy atom. The fraction of sp³-hybridized carbons (Fsp3) is 0.310. The van der Waals surface area contributed by atoms with Crippen molar-refractivity contribution in [2.75, 3.05) is 6.61 Å². The smallest absolute Gasteiger partial charge is 0.251 e. The number of hydrogen-bond donors (Lipinski definition) is 1. The molecule has 0 aliphatic heterocycles. The molecule has 0 aliphatic carbocycles. The normalized spacial score (nSPS) is 12.1. The first-order valence-electron chi connectivity index (χ1n) is 12.2. The molecule has 4 aromatic rings. The predicted molar refractivity (Wildman–Crippen MR) is 142 cm³/mol. The first-order chi connectivity index (χ1) is 16.9. The lowest BCUT2D eigenvalue weighted by molar-refractivity contribution is 0.0937. The van der Waals surface area contributed by atoms with Crippen molar-refractivity contribution in [2.24, 2.45) is 0 Å². The first kappa shape index (κ1) is 24.8. The maximum atomic E-state index is 12.8.